The maximum Gasteiger partial charge on any atom is 0.440 e. The Bertz CT molecular complexity index is 1240. The van der Waals surface area contributed by atoms with Gasteiger partial charge in [-0.25, -0.2) is 4.79 Å². The highest BCUT2D eigenvalue weighted by molar-refractivity contribution is 6.07. The molecule has 0 aliphatic rings. The minimum atomic E-state index is -1.25. The van der Waals surface area contributed by atoms with Crippen molar-refractivity contribution in [3.8, 4) is 11.8 Å². The van der Waals surface area contributed by atoms with Crippen LogP contribution in [0.4, 0.5) is 4.79 Å². The molecule has 1 aromatic carbocycles. The molecule has 8 heteroatoms. The van der Waals surface area contributed by atoms with Crippen LogP contribution in [-0.4, -0.2) is 31.9 Å². The molecule has 3 rings (SSSR count). The van der Waals surface area contributed by atoms with Gasteiger partial charge in [0.25, 0.3) is 5.56 Å². The van der Waals surface area contributed by atoms with E-state index in [-0.39, 0.29) is 22.8 Å². The molecule has 3 aromatic rings. The van der Waals surface area contributed by atoms with Crippen LogP contribution in [0.1, 0.15) is 38.4 Å². The summed E-state index contributed by atoms with van der Waals surface area (Å²) in [6, 6.07) is 6.57. The number of benzene rings is 1. The Morgan fingerprint density at radius 1 is 1.33 bits per heavy atom. The molecule has 1 atom stereocenters. The molecule has 1 unspecified atom stereocenters. The van der Waals surface area contributed by atoms with Crippen LogP contribution in [0.5, 0.6) is 5.75 Å². The number of hydrogen-bond acceptors (Lipinski definition) is 5. The highest BCUT2D eigenvalue weighted by Crippen LogP contribution is 2.31. The first-order valence-electron chi connectivity index (χ1n) is 9.68. The molecular weight excluding hydrogens is 384 g/mol. The van der Waals surface area contributed by atoms with Crippen LogP contribution in [0.15, 0.2) is 29.2 Å². The zero-order valence-electron chi connectivity index (χ0n) is 17.6. The maximum atomic E-state index is 12.9. The number of amides is 1. The third kappa shape index (κ3) is 3.66. The van der Waals surface area contributed by atoms with E-state index in [1.807, 2.05) is 13.8 Å². The monoisotopic (exact) mass is 408 g/mol. The number of aromatic nitrogens is 2. The van der Waals surface area contributed by atoms with Crippen LogP contribution in [0.2, 0.25) is 0 Å². The summed E-state index contributed by atoms with van der Waals surface area (Å²) in [6.07, 6.45) is 0.963. The minimum absolute atomic E-state index is 0.0862. The van der Waals surface area contributed by atoms with Crippen molar-refractivity contribution in [3.05, 3.63) is 46.0 Å². The quantitative estimate of drug-likeness (QED) is 0.505. The predicted octanol–water partition coefficient (Wildman–Crippen LogP) is 3.98. The topological polar surface area (TPSA) is 108 Å². The van der Waals surface area contributed by atoms with Crippen molar-refractivity contribution >= 4 is 27.8 Å². The first-order valence-corrected chi connectivity index (χ1v) is 9.68. The molecule has 1 amide bonds. The fraction of sp³-hybridized carbons (Fsp3) is 0.364. The van der Waals surface area contributed by atoms with Crippen LogP contribution in [0.25, 0.3) is 21.7 Å². The second-order valence-electron chi connectivity index (χ2n) is 7.84. The van der Waals surface area contributed by atoms with Gasteiger partial charge >= 0.3 is 6.09 Å². The van der Waals surface area contributed by atoms with Gasteiger partial charge in [0.1, 0.15) is 6.07 Å². The summed E-state index contributed by atoms with van der Waals surface area (Å²) in [6.45, 7) is 7.50. The van der Waals surface area contributed by atoms with E-state index in [2.05, 4.69) is 11.1 Å². The first kappa shape index (κ1) is 21.1. The summed E-state index contributed by atoms with van der Waals surface area (Å²) in [5.41, 5.74) is 1.10. The average Bonchev–Trinajstić information content (AvgIpc) is 2.68. The fourth-order valence-electron chi connectivity index (χ4n) is 3.76. The van der Waals surface area contributed by atoms with E-state index in [0.29, 0.717) is 33.8 Å². The fourth-order valence-corrected chi connectivity index (χ4v) is 3.76. The largest absolute Gasteiger partial charge is 0.463 e. The lowest BCUT2D eigenvalue weighted by Crippen LogP contribution is -2.41. The molecule has 156 valence electrons. The lowest BCUT2D eigenvalue weighted by atomic mass is 10.0. The molecule has 30 heavy (non-hydrogen) atoms. The highest BCUT2D eigenvalue weighted by Gasteiger charge is 2.25. The normalized spacial score (nSPS) is 12.2. The molecule has 2 heterocycles. The van der Waals surface area contributed by atoms with Crippen molar-refractivity contribution in [2.24, 2.45) is 13.0 Å². The predicted molar refractivity (Wildman–Crippen MR) is 113 cm³/mol. The van der Waals surface area contributed by atoms with E-state index in [4.69, 9.17) is 4.84 Å². The molecule has 0 radical (unpaired) electrons. The van der Waals surface area contributed by atoms with Gasteiger partial charge in [-0.05, 0) is 43.7 Å². The van der Waals surface area contributed by atoms with Gasteiger partial charge in [0.2, 0.25) is 0 Å². The molecule has 0 saturated carbocycles. The Labute approximate surface area is 173 Å². The molecule has 0 spiro atoms. The van der Waals surface area contributed by atoms with Gasteiger partial charge in [-0.3, -0.25) is 9.78 Å². The van der Waals surface area contributed by atoms with E-state index in [9.17, 15) is 20.0 Å². The molecule has 1 N–H and O–H groups in total. The smallest absolute Gasteiger partial charge is 0.440 e. The number of fused-ring (bicyclic) bond motifs is 3. The number of nitriles is 1. The van der Waals surface area contributed by atoms with Crippen LogP contribution < -0.4 is 10.4 Å². The van der Waals surface area contributed by atoms with Gasteiger partial charge in [0, 0.05) is 24.7 Å². The maximum absolute atomic E-state index is 12.9. The van der Waals surface area contributed by atoms with Gasteiger partial charge in [-0.15, -0.1) is 5.06 Å². The third-order valence-corrected chi connectivity index (χ3v) is 5.13. The van der Waals surface area contributed by atoms with Crippen molar-refractivity contribution in [1.29, 1.82) is 5.26 Å². The van der Waals surface area contributed by atoms with Crippen LogP contribution in [0.3, 0.4) is 0 Å². The molecule has 0 aliphatic carbocycles. The van der Waals surface area contributed by atoms with Gasteiger partial charge in [-0.2, -0.15) is 5.26 Å². The SMILES string of the molecule is Cc1nccc2c1c(=O)n(C)c1cc(ON(C(=O)O)C(C)CC(C)C)c(C#N)cc21. The highest BCUT2D eigenvalue weighted by atomic mass is 16.7. The number of carbonyl (C=O) groups is 1. The van der Waals surface area contributed by atoms with E-state index < -0.39 is 12.1 Å². The summed E-state index contributed by atoms with van der Waals surface area (Å²) in [5, 5.41) is 22.0. The molecule has 8 nitrogen and oxygen atoms in total. The van der Waals surface area contributed by atoms with E-state index in [1.54, 1.807) is 45.3 Å². The number of aryl methyl sites for hydroxylation is 2. The number of pyridine rings is 2. The molecule has 0 aliphatic heterocycles. The third-order valence-electron chi connectivity index (χ3n) is 5.13. The van der Waals surface area contributed by atoms with E-state index in [0.717, 1.165) is 5.06 Å². The van der Waals surface area contributed by atoms with E-state index >= 15 is 0 Å². The number of nitrogens with zero attached hydrogens (tertiary/aromatic N) is 4. The molecule has 0 saturated heterocycles. The van der Waals surface area contributed by atoms with Gasteiger partial charge in [-0.1, -0.05) is 13.8 Å². The Hall–Kier alpha value is -3.60. The van der Waals surface area contributed by atoms with Gasteiger partial charge < -0.3 is 14.5 Å². The lowest BCUT2D eigenvalue weighted by molar-refractivity contribution is -0.0683. The molecule has 0 fully saturated rings. The Morgan fingerprint density at radius 2 is 2.03 bits per heavy atom. The average molecular weight is 408 g/mol. The summed E-state index contributed by atoms with van der Waals surface area (Å²) in [5.74, 6) is 0.352. The number of rotatable bonds is 5. The molecule has 2 aromatic heterocycles. The summed E-state index contributed by atoms with van der Waals surface area (Å²) in [7, 11) is 1.63. The second-order valence-corrected chi connectivity index (χ2v) is 7.84. The van der Waals surface area contributed by atoms with Crippen molar-refractivity contribution in [1.82, 2.24) is 14.6 Å². The zero-order chi connectivity index (χ0) is 22.2. The Kier molecular flexibility index (Phi) is 5.65. The second kappa shape index (κ2) is 8.03. The van der Waals surface area contributed by atoms with Gasteiger partial charge in [0.15, 0.2) is 5.75 Å². The van der Waals surface area contributed by atoms with Crippen LogP contribution in [0, 0.1) is 24.2 Å². The number of hydroxylamine groups is 2. The van der Waals surface area contributed by atoms with Crippen LogP contribution in [-0.2, 0) is 7.05 Å². The van der Waals surface area contributed by atoms with Crippen molar-refractivity contribution in [2.75, 3.05) is 0 Å². The Morgan fingerprint density at radius 3 is 2.63 bits per heavy atom. The van der Waals surface area contributed by atoms with Crippen LogP contribution >= 0.6 is 0 Å². The van der Waals surface area contributed by atoms with Crippen molar-refractivity contribution in [3.63, 3.8) is 0 Å². The molecular formula is C22H24N4O4. The van der Waals surface area contributed by atoms with Gasteiger partial charge in [0.05, 0.1) is 28.2 Å². The number of carboxylic acid groups (broad SMARTS) is 1. The Balaban J connectivity index is 2.23. The molecule has 0 bridgehead atoms. The minimum Gasteiger partial charge on any atom is -0.463 e. The standard InChI is InChI=1S/C22H24N4O4/c1-12(2)8-13(3)26(22(28)29)30-19-10-18-17(9-15(19)11-23)16-6-7-24-14(4)20(16)21(27)25(18)5/h6-7,9-10,12-13H,8H2,1-5H3,(H,28,29). The zero-order valence-corrected chi connectivity index (χ0v) is 17.6. The summed E-state index contributed by atoms with van der Waals surface area (Å²) < 4.78 is 1.46. The lowest BCUT2D eigenvalue weighted by Gasteiger charge is -2.27. The van der Waals surface area contributed by atoms with E-state index in [1.165, 1.54) is 4.57 Å². The van der Waals surface area contributed by atoms with Crippen molar-refractivity contribution in [2.45, 2.75) is 40.2 Å². The first-order chi connectivity index (χ1) is 14.1. The number of hydrogen-bond donors (Lipinski definition) is 1. The summed E-state index contributed by atoms with van der Waals surface area (Å²) in [4.78, 5) is 34.6. The van der Waals surface area contributed by atoms with Crippen molar-refractivity contribution < 1.29 is 14.7 Å². The summed E-state index contributed by atoms with van der Waals surface area (Å²) >= 11 is 0.